The van der Waals surface area contributed by atoms with Crippen molar-refractivity contribution in [1.29, 1.82) is 0 Å². The zero-order valence-corrected chi connectivity index (χ0v) is 16.5. The number of carbonyl (C=O) groups excluding carboxylic acids is 1. The summed E-state index contributed by atoms with van der Waals surface area (Å²) in [5.74, 6) is -1.22. The lowest BCUT2D eigenvalue weighted by Gasteiger charge is -2.48. The van der Waals surface area contributed by atoms with Crippen molar-refractivity contribution in [3.63, 3.8) is 0 Å². The number of rotatable bonds is 7. The highest BCUT2D eigenvalue weighted by molar-refractivity contribution is 6.03. The first-order valence-electron chi connectivity index (χ1n) is 9.93. The van der Waals surface area contributed by atoms with Gasteiger partial charge in [0.25, 0.3) is 0 Å². The first-order chi connectivity index (χ1) is 15.0. The van der Waals surface area contributed by atoms with Crippen molar-refractivity contribution in [2.45, 2.75) is 24.9 Å². The van der Waals surface area contributed by atoms with Gasteiger partial charge in [-0.1, -0.05) is 29.4 Å². The molecule has 0 bridgehead atoms. The monoisotopic (exact) mass is 422 g/mol. The fraction of sp³-hybridized carbons (Fsp3) is 0.208. The Kier molecular flexibility index (Phi) is 5.75. The van der Waals surface area contributed by atoms with Crippen LogP contribution in [0.15, 0.2) is 78.0 Å². The third kappa shape index (κ3) is 4.17. The summed E-state index contributed by atoms with van der Waals surface area (Å²) in [6.07, 6.45) is 0.729. The highest BCUT2D eigenvalue weighted by Crippen LogP contribution is 2.46. The van der Waals surface area contributed by atoms with Crippen LogP contribution in [0.2, 0.25) is 0 Å². The molecule has 1 heterocycles. The van der Waals surface area contributed by atoms with Gasteiger partial charge < -0.3 is 10.0 Å². The molecule has 1 N–H and O–H groups in total. The Hall–Kier alpha value is -3.61. The normalized spacial score (nSPS) is 19.0. The minimum atomic E-state index is -0.686. The molecule has 0 radical (unpaired) electrons. The second kappa shape index (κ2) is 8.63. The lowest BCUT2D eigenvalue weighted by molar-refractivity contribution is -0.130. The van der Waals surface area contributed by atoms with Gasteiger partial charge in [-0.15, -0.1) is 0 Å². The highest BCUT2D eigenvalue weighted by Gasteiger charge is 2.48. The van der Waals surface area contributed by atoms with Gasteiger partial charge in [0.1, 0.15) is 23.4 Å². The summed E-state index contributed by atoms with van der Waals surface area (Å²) in [4.78, 5) is 26.0. The lowest BCUT2D eigenvalue weighted by atomic mass is 9.78. The van der Waals surface area contributed by atoms with E-state index in [1.165, 1.54) is 36.4 Å². The van der Waals surface area contributed by atoms with Crippen molar-refractivity contribution >= 4 is 11.6 Å². The van der Waals surface area contributed by atoms with Gasteiger partial charge in [-0.25, -0.2) is 8.78 Å². The molecule has 158 valence electrons. The Morgan fingerprint density at radius 2 is 1.48 bits per heavy atom. The Bertz CT molecular complexity index is 1070. The number of hydrogen-bond acceptors (Lipinski definition) is 4. The maximum Gasteiger partial charge on any atom is 0.233 e. The minimum absolute atomic E-state index is 0.112. The van der Waals surface area contributed by atoms with Gasteiger partial charge in [0.15, 0.2) is 0 Å². The van der Waals surface area contributed by atoms with Crippen LogP contribution in [0.1, 0.15) is 36.1 Å². The molecule has 4 rings (SSSR count). The van der Waals surface area contributed by atoms with Crippen molar-refractivity contribution in [3.8, 4) is 5.75 Å². The summed E-state index contributed by atoms with van der Waals surface area (Å²) < 4.78 is 26.5. The largest absolute Gasteiger partial charge is 0.508 e. The molecule has 5 nitrogen and oxygen atoms in total. The predicted molar refractivity (Wildman–Crippen MR) is 112 cm³/mol. The van der Waals surface area contributed by atoms with E-state index in [0.717, 1.165) is 5.56 Å². The number of halogens is 2. The van der Waals surface area contributed by atoms with E-state index >= 15 is 0 Å². The summed E-state index contributed by atoms with van der Waals surface area (Å²) in [5, 5.41) is 12.8. The zero-order chi connectivity index (χ0) is 22.0. The van der Waals surface area contributed by atoms with Crippen LogP contribution in [-0.4, -0.2) is 11.0 Å². The third-order valence-electron chi connectivity index (χ3n) is 5.69. The van der Waals surface area contributed by atoms with Crippen LogP contribution in [-0.2, 0) is 4.79 Å². The van der Waals surface area contributed by atoms with E-state index in [9.17, 15) is 23.6 Å². The minimum Gasteiger partial charge on any atom is -0.508 e. The second-order valence-electron chi connectivity index (χ2n) is 7.58. The van der Waals surface area contributed by atoms with Crippen LogP contribution >= 0.6 is 0 Å². The van der Waals surface area contributed by atoms with Crippen molar-refractivity contribution in [2.24, 2.45) is 11.1 Å². The number of carbonyl (C=O) groups is 1. The molecule has 1 amide bonds. The van der Waals surface area contributed by atoms with E-state index in [1.807, 2.05) is 0 Å². The molecule has 3 aromatic rings. The molecule has 1 aliphatic heterocycles. The fourth-order valence-corrected chi connectivity index (χ4v) is 4.07. The Balaban J connectivity index is 1.57. The number of anilines is 1. The molecular weight excluding hydrogens is 402 g/mol. The number of nitrogens with zero attached hydrogens (tertiary/aromatic N) is 2. The second-order valence-corrected chi connectivity index (χ2v) is 7.58. The molecule has 0 spiro atoms. The third-order valence-corrected chi connectivity index (χ3v) is 5.69. The standard InChI is InChI=1S/C24H20F2N2O3/c25-17-5-1-15(2-6-17)22(27-31)14-13-21-23(16-3-11-20(29)12-4-16)28(24(21)30)19-9-7-18(26)8-10-19/h1-12,21-23,29H,13-14H2. The highest BCUT2D eigenvalue weighted by atomic mass is 19.1. The number of amides is 1. The number of phenolic OH excluding ortho intramolecular Hbond substituents is 1. The molecule has 3 unspecified atom stereocenters. The zero-order valence-electron chi connectivity index (χ0n) is 16.5. The number of hydrogen-bond donors (Lipinski definition) is 1. The molecule has 3 atom stereocenters. The molecule has 0 aliphatic carbocycles. The maximum atomic E-state index is 13.4. The Morgan fingerprint density at radius 1 is 0.903 bits per heavy atom. The maximum absolute atomic E-state index is 13.4. The average molecular weight is 422 g/mol. The number of aromatic hydroxyl groups is 1. The summed E-state index contributed by atoms with van der Waals surface area (Å²) in [6, 6.07) is 16.8. The van der Waals surface area contributed by atoms with Crippen molar-refractivity contribution in [1.82, 2.24) is 0 Å². The smallest absolute Gasteiger partial charge is 0.233 e. The predicted octanol–water partition coefficient (Wildman–Crippen LogP) is 5.66. The van der Waals surface area contributed by atoms with E-state index in [4.69, 9.17) is 0 Å². The first kappa shape index (κ1) is 20.7. The molecule has 0 aromatic heterocycles. The molecule has 7 heteroatoms. The SMILES string of the molecule is O=NC(CCC1C(=O)N(c2ccc(F)cc2)C1c1ccc(O)cc1)c1ccc(F)cc1. The fourth-order valence-electron chi connectivity index (χ4n) is 4.07. The van der Waals surface area contributed by atoms with Gasteiger partial charge >= 0.3 is 0 Å². The van der Waals surface area contributed by atoms with Crippen LogP contribution in [0.25, 0.3) is 0 Å². The number of phenols is 1. The van der Waals surface area contributed by atoms with Crippen LogP contribution in [0.5, 0.6) is 5.75 Å². The van der Waals surface area contributed by atoms with Crippen LogP contribution in [0.3, 0.4) is 0 Å². The van der Waals surface area contributed by atoms with Gasteiger partial charge in [0.05, 0.1) is 12.0 Å². The Labute approximate surface area is 177 Å². The average Bonchev–Trinajstić information content (AvgIpc) is 2.78. The molecule has 31 heavy (non-hydrogen) atoms. The van der Waals surface area contributed by atoms with Crippen LogP contribution in [0.4, 0.5) is 14.5 Å². The van der Waals surface area contributed by atoms with Gasteiger partial charge in [-0.3, -0.25) is 4.79 Å². The van der Waals surface area contributed by atoms with Gasteiger partial charge in [0, 0.05) is 5.69 Å². The van der Waals surface area contributed by atoms with E-state index in [1.54, 1.807) is 41.3 Å². The summed E-state index contributed by atoms with van der Waals surface area (Å²) in [7, 11) is 0. The Morgan fingerprint density at radius 3 is 2.06 bits per heavy atom. The number of β-lactam (4-membered cyclic amide) rings is 1. The summed E-state index contributed by atoms with van der Waals surface area (Å²) in [6.45, 7) is 0. The molecule has 1 aliphatic rings. The van der Waals surface area contributed by atoms with E-state index in [0.29, 0.717) is 24.1 Å². The van der Waals surface area contributed by atoms with Crippen molar-refractivity contribution in [3.05, 3.63) is 100 Å². The topological polar surface area (TPSA) is 70.0 Å². The molecule has 1 fully saturated rings. The lowest BCUT2D eigenvalue weighted by Crippen LogP contribution is -2.55. The summed E-state index contributed by atoms with van der Waals surface area (Å²) >= 11 is 0. The first-order valence-corrected chi connectivity index (χ1v) is 9.93. The van der Waals surface area contributed by atoms with Gasteiger partial charge in [-0.2, -0.15) is 4.91 Å². The van der Waals surface area contributed by atoms with Crippen molar-refractivity contribution in [2.75, 3.05) is 4.90 Å². The summed E-state index contributed by atoms with van der Waals surface area (Å²) in [5.41, 5.74) is 1.99. The van der Waals surface area contributed by atoms with Gasteiger partial charge in [0.2, 0.25) is 5.91 Å². The molecule has 1 saturated heterocycles. The van der Waals surface area contributed by atoms with Crippen LogP contribution < -0.4 is 4.90 Å². The molecule has 3 aromatic carbocycles. The van der Waals surface area contributed by atoms with Gasteiger partial charge in [-0.05, 0) is 72.5 Å². The molecular formula is C24H20F2N2O3. The van der Waals surface area contributed by atoms with E-state index < -0.39 is 23.6 Å². The quantitative estimate of drug-likeness (QED) is 0.394. The van der Waals surface area contributed by atoms with E-state index in [2.05, 4.69) is 5.18 Å². The van der Waals surface area contributed by atoms with Crippen molar-refractivity contribution < 1.29 is 18.7 Å². The van der Waals surface area contributed by atoms with E-state index in [-0.39, 0.29) is 17.7 Å². The molecule has 0 saturated carbocycles. The van der Waals surface area contributed by atoms with Crippen LogP contribution in [0, 0.1) is 22.5 Å². The number of benzene rings is 3. The number of nitroso groups, excluding NO2 is 1.